The Kier molecular flexibility index (Phi) is 5.09. The first-order valence-corrected chi connectivity index (χ1v) is 11.3. The maximum Gasteiger partial charge on any atom is 0.410 e. The van der Waals surface area contributed by atoms with Crippen molar-refractivity contribution in [1.82, 2.24) is 15.2 Å². The van der Waals surface area contributed by atoms with Crippen molar-refractivity contribution in [3.05, 3.63) is 29.6 Å². The van der Waals surface area contributed by atoms with Crippen LogP contribution in [0.2, 0.25) is 0 Å². The number of pyridine rings is 1. The van der Waals surface area contributed by atoms with Crippen molar-refractivity contribution in [2.45, 2.75) is 57.2 Å². The van der Waals surface area contributed by atoms with E-state index in [0.29, 0.717) is 31.1 Å². The number of rotatable bonds is 5. The number of amides is 2. The quantitative estimate of drug-likeness (QED) is 0.746. The average Bonchev–Trinajstić information content (AvgIpc) is 3.24. The average molecular weight is 424 g/mol. The largest absolute Gasteiger partial charge is 0.446 e. The Hall–Kier alpha value is -2.66. The summed E-state index contributed by atoms with van der Waals surface area (Å²) < 4.78 is 6.04. The molecule has 6 rings (SSSR count). The van der Waals surface area contributed by atoms with Gasteiger partial charge in [-0.2, -0.15) is 5.26 Å². The second kappa shape index (κ2) is 7.79. The highest BCUT2D eigenvalue weighted by Gasteiger charge is 2.59. The van der Waals surface area contributed by atoms with Gasteiger partial charge in [0.1, 0.15) is 12.2 Å². The van der Waals surface area contributed by atoms with Gasteiger partial charge in [0.25, 0.3) is 0 Å². The lowest BCUT2D eigenvalue weighted by atomic mass is 9.48. The highest BCUT2D eigenvalue weighted by Crippen LogP contribution is 2.60. The summed E-state index contributed by atoms with van der Waals surface area (Å²) in [6.07, 6.45) is 6.69. The minimum absolute atomic E-state index is 0.0774. The van der Waals surface area contributed by atoms with E-state index in [4.69, 9.17) is 15.7 Å². The number of nitrogens with one attached hydrogen (secondary N) is 1. The van der Waals surface area contributed by atoms with Gasteiger partial charge in [-0.3, -0.25) is 9.78 Å². The predicted octanol–water partition coefficient (Wildman–Crippen LogP) is 1.93. The molecule has 2 amide bonds. The van der Waals surface area contributed by atoms with Gasteiger partial charge < -0.3 is 20.7 Å². The Labute approximate surface area is 182 Å². The van der Waals surface area contributed by atoms with Gasteiger partial charge in [-0.05, 0) is 68.4 Å². The number of nitriles is 1. The number of carbonyl (C=O) groups excluding carboxylic acids is 2. The molecule has 8 heteroatoms. The Morgan fingerprint density at radius 1 is 1.29 bits per heavy atom. The van der Waals surface area contributed by atoms with Crippen LogP contribution >= 0.6 is 0 Å². The second-order valence-electron chi connectivity index (χ2n) is 9.93. The van der Waals surface area contributed by atoms with Crippen LogP contribution in [0.5, 0.6) is 0 Å². The highest BCUT2D eigenvalue weighted by molar-refractivity contribution is 5.81. The van der Waals surface area contributed by atoms with E-state index in [9.17, 15) is 9.59 Å². The summed E-state index contributed by atoms with van der Waals surface area (Å²) in [6.45, 7) is 1.89. The molecule has 2 heterocycles. The molecule has 5 aliphatic rings. The second-order valence-corrected chi connectivity index (χ2v) is 9.93. The fourth-order valence-electron chi connectivity index (χ4n) is 6.60. The molecule has 3 unspecified atom stereocenters. The fourth-order valence-corrected chi connectivity index (χ4v) is 6.60. The lowest BCUT2D eigenvalue weighted by molar-refractivity contribution is -0.161. The number of primary amides is 1. The van der Waals surface area contributed by atoms with E-state index in [-0.39, 0.29) is 41.4 Å². The summed E-state index contributed by atoms with van der Waals surface area (Å²) in [6, 6.07) is 5.87. The minimum atomic E-state index is -0.360. The summed E-state index contributed by atoms with van der Waals surface area (Å²) in [5.41, 5.74) is 6.82. The van der Waals surface area contributed by atoms with Gasteiger partial charge in [0.2, 0.25) is 5.91 Å². The number of hydrogen-bond donors (Lipinski definition) is 2. The van der Waals surface area contributed by atoms with Crippen LogP contribution in [0.1, 0.15) is 49.8 Å². The molecule has 3 N–H and O–H groups in total. The summed E-state index contributed by atoms with van der Waals surface area (Å²) in [7, 11) is 0. The van der Waals surface area contributed by atoms with Crippen LogP contribution in [0.15, 0.2) is 18.3 Å². The van der Waals surface area contributed by atoms with E-state index in [2.05, 4.69) is 16.4 Å². The standard InChI is InChI=1S/C23H29N5O3/c24-10-14-1-2-18(26-11-14)12-27-19-3-4-28(13-19)22(30)31-20-16-5-15-6-17(20)9-23(7-15,8-16)21(25)29/h1-2,11,15-17,19-20,27H,3-9,12-13H2,(H2,25,29). The van der Waals surface area contributed by atoms with Crippen molar-refractivity contribution in [3.8, 4) is 6.07 Å². The molecule has 0 spiro atoms. The van der Waals surface area contributed by atoms with Gasteiger partial charge in [-0.25, -0.2) is 4.79 Å². The third kappa shape index (κ3) is 3.76. The molecule has 4 bridgehead atoms. The van der Waals surface area contributed by atoms with Gasteiger partial charge in [-0.15, -0.1) is 0 Å². The molecule has 1 aliphatic heterocycles. The monoisotopic (exact) mass is 423 g/mol. The van der Waals surface area contributed by atoms with Crippen molar-refractivity contribution in [2.75, 3.05) is 13.1 Å². The molecule has 5 fully saturated rings. The van der Waals surface area contributed by atoms with Gasteiger partial charge >= 0.3 is 6.09 Å². The highest BCUT2D eigenvalue weighted by atomic mass is 16.6. The molecule has 1 saturated heterocycles. The van der Waals surface area contributed by atoms with Gasteiger partial charge in [0.15, 0.2) is 0 Å². The molecule has 164 valence electrons. The first-order chi connectivity index (χ1) is 15.0. The Bertz CT molecular complexity index is 895. The zero-order valence-electron chi connectivity index (χ0n) is 17.6. The van der Waals surface area contributed by atoms with Crippen LogP contribution < -0.4 is 11.1 Å². The van der Waals surface area contributed by atoms with Crippen LogP contribution in [0.4, 0.5) is 4.79 Å². The minimum Gasteiger partial charge on any atom is -0.446 e. The Morgan fingerprint density at radius 3 is 2.71 bits per heavy atom. The fraction of sp³-hybridized carbons (Fsp3) is 0.652. The van der Waals surface area contributed by atoms with Crippen molar-refractivity contribution in [1.29, 1.82) is 5.26 Å². The van der Waals surface area contributed by atoms with Crippen LogP contribution in [0.3, 0.4) is 0 Å². The first kappa shape index (κ1) is 20.3. The molecule has 8 nitrogen and oxygen atoms in total. The van der Waals surface area contributed by atoms with Crippen LogP contribution in [-0.4, -0.2) is 47.1 Å². The molecule has 31 heavy (non-hydrogen) atoms. The number of aromatic nitrogens is 1. The summed E-state index contributed by atoms with van der Waals surface area (Å²) in [4.78, 5) is 31.1. The number of carbonyl (C=O) groups is 2. The maximum atomic E-state index is 12.9. The molecule has 4 saturated carbocycles. The van der Waals surface area contributed by atoms with Crippen LogP contribution in [0.25, 0.3) is 0 Å². The van der Waals surface area contributed by atoms with E-state index in [0.717, 1.165) is 44.2 Å². The third-order valence-corrected chi connectivity index (χ3v) is 7.92. The molecular formula is C23H29N5O3. The maximum absolute atomic E-state index is 12.9. The van der Waals surface area contributed by atoms with E-state index in [1.54, 1.807) is 17.2 Å². The Balaban J connectivity index is 1.13. The van der Waals surface area contributed by atoms with Crippen molar-refractivity contribution in [2.24, 2.45) is 28.9 Å². The van der Waals surface area contributed by atoms with Crippen molar-refractivity contribution in [3.63, 3.8) is 0 Å². The number of likely N-dealkylation sites (tertiary alicyclic amines) is 1. The number of nitrogens with two attached hydrogens (primary N) is 1. The van der Waals surface area contributed by atoms with E-state index in [1.165, 1.54) is 0 Å². The predicted molar refractivity (Wildman–Crippen MR) is 111 cm³/mol. The summed E-state index contributed by atoms with van der Waals surface area (Å²) in [5.74, 6) is 0.918. The normalized spacial score (nSPS) is 35.7. The molecule has 0 radical (unpaired) electrons. The molecule has 0 aromatic carbocycles. The van der Waals surface area contributed by atoms with Crippen LogP contribution in [0, 0.1) is 34.5 Å². The summed E-state index contributed by atoms with van der Waals surface area (Å²) in [5, 5.41) is 12.3. The van der Waals surface area contributed by atoms with Gasteiger partial charge in [0.05, 0.1) is 16.7 Å². The SMILES string of the molecule is N#Cc1ccc(CNC2CCN(C(=O)OC3C4CC5CC3CC(C(N)=O)(C5)C4)C2)nc1. The third-order valence-electron chi connectivity index (χ3n) is 7.92. The molecule has 1 aromatic rings. The number of nitrogens with zero attached hydrogens (tertiary/aromatic N) is 3. The van der Waals surface area contributed by atoms with Crippen molar-refractivity contribution < 1.29 is 14.3 Å². The van der Waals surface area contributed by atoms with E-state index < -0.39 is 0 Å². The molecule has 1 aromatic heterocycles. The first-order valence-electron chi connectivity index (χ1n) is 11.3. The van der Waals surface area contributed by atoms with Gasteiger partial charge in [0, 0.05) is 31.9 Å². The van der Waals surface area contributed by atoms with E-state index >= 15 is 0 Å². The molecular weight excluding hydrogens is 394 g/mol. The zero-order valence-corrected chi connectivity index (χ0v) is 17.6. The lowest BCUT2D eigenvalue weighted by Gasteiger charge is -2.58. The Morgan fingerprint density at radius 2 is 2.06 bits per heavy atom. The molecule has 3 atom stereocenters. The number of ether oxygens (including phenoxy) is 1. The van der Waals surface area contributed by atoms with Crippen LogP contribution in [-0.2, 0) is 16.1 Å². The topological polar surface area (TPSA) is 121 Å². The number of hydrogen-bond acceptors (Lipinski definition) is 6. The summed E-state index contributed by atoms with van der Waals surface area (Å²) >= 11 is 0. The van der Waals surface area contributed by atoms with Crippen molar-refractivity contribution >= 4 is 12.0 Å². The smallest absolute Gasteiger partial charge is 0.410 e. The van der Waals surface area contributed by atoms with E-state index in [1.807, 2.05) is 6.07 Å². The molecule has 4 aliphatic carbocycles. The van der Waals surface area contributed by atoms with Gasteiger partial charge in [-0.1, -0.05) is 0 Å². The lowest BCUT2D eigenvalue weighted by Crippen LogP contribution is -2.59. The zero-order chi connectivity index (χ0) is 21.6.